The van der Waals surface area contributed by atoms with E-state index >= 15 is 0 Å². The Balaban J connectivity index is 2.18. The van der Waals surface area contributed by atoms with Crippen LogP contribution in [0, 0.1) is 12.3 Å². The second-order valence-corrected chi connectivity index (χ2v) is 5.97. The van der Waals surface area contributed by atoms with Gasteiger partial charge in [0.25, 0.3) is 0 Å². The van der Waals surface area contributed by atoms with Gasteiger partial charge in [0.15, 0.2) is 0 Å². The van der Waals surface area contributed by atoms with E-state index in [9.17, 15) is 0 Å². The van der Waals surface area contributed by atoms with E-state index in [1.165, 1.54) is 0 Å². The van der Waals surface area contributed by atoms with E-state index in [0.29, 0.717) is 96.3 Å². The lowest BCUT2D eigenvalue weighted by Crippen LogP contribution is -2.13. The average Bonchev–Trinajstić information content (AvgIpc) is 2.76. The summed E-state index contributed by atoms with van der Waals surface area (Å²) in [6, 6.07) is 5.37. The van der Waals surface area contributed by atoms with E-state index < -0.39 is 0 Å². The van der Waals surface area contributed by atoms with Gasteiger partial charge in [-0.2, -0.15) is 0 Å². The minimum absolute atomic E-state index is 0.401. The number of ether oxygens (including phenoxy) is 8. The SMILES string of the molecule is C#Cc1cc(OCCOCCOCCOC)cc(OCCOCCOCCOC)c1. The molecule has 1 aromatic carbocycles. The van der Waals surface area contributed by atoms with Crippen LogP contribution in [0.15, 0.2) is 18.2 Å². The highest BCUT2D eigenvalue weighted by Gasteiger charge is 2.03. The summed E-state index contributed by atoms with van der Waals surface area (Å²) < 4.78 is 42.8. The summed E-state index contributed by atoms with van der Waals surface area (Å²) in [5, 5.41) is 0. The normalized spacial score (nSPS) is 10.7. The van der Waals surface area contributed by atoms with Crippen LogP contribution < -0.4 is 9.47 Å². The molecule has 8 heteroatoms. The predicted molar refractivity (Wildman–Crippen MR) is 112 cm³/mol. The fraction of sp³-hybridized carbons (Fsp3) is 0.636. The van der Waals surface area contributed by atoms with E-state index in [-0.39, 0.29) is 0 Å². The number of rotatable bonds is 20. The van der Waals surface area contributed by atoms with Crippen molar-refractivity contribution in [1.82, 2.24) is 0 Å². The summed E-state index contributed by atoms with van der Waals surface area (Å²) in [6.45, 7) is 6.03. The monoisotopic (exact) mass is 426 g/mol. The van der Waals surface area contributed by atoms with Gasteiger partial charge in [-0.1, -0.05) is 5.92 Å². The lowest BCUT2D eigenvalue weighted by atomic mass is 10.2. The smallest absolute Gasteiger partial charge is 0.124 e. The maximum Gasteiger partial charge on any atom is 0.124 e. The molecule has 0 amide bonds. The van der Waals surface area contributed by atoms with Crippen LogP contribution in [-0.2, 0) is 28.4 Å². The molecule has 0 bridgehead atoms. The van der Waals surface area contributed by atoms with Gasteiger partial charge in [0.05, 0.1) is 66.1 Å². The first-order valence-corrected chi connectivity index (χ1v) is 9.96. The second-order valence-electron chi connectivity index (χ2n) is 5.97. The van der Waals surface area contributed by atoms with E-state index in [0.717, 1.165) is 0 Å². The fourth-order valence-electron chi connectivity index (χ4n) is 2.19. The van der Waals surface area contributed by atoms with Crippen LogP contribution in [0.3, 0.4) is 0 Å². The standard InChI is InChI=1S/C22H34O8/c1-4-20-17-21(29-15-13-27-11-9-25-7-5-23-2)19-22(18-20)30-16-14-28-12-10-26-8-6-24-3/h1,17-19H,5-16H2,2-3H3. The van der Waals surface area contributed by atoms with Crippen molar-refractivity contribution >= 4 is 0 Å². The summed E-state index contributed by atoms with van der Waals surface area (Å²) in [6.07, 6.45) is 5.52. The van der Waals surface area contributed by atoms with Crippen molar-refractivity contribution in [1.29, 1.82) is 0 Å². The fourth-order valence-corrected chi connectivity index (χ4v) is 2.19. The molecular formula is C22H34O8. The molecular weight excluding hydrogens is 392 g/mol. The van der Waals surface area contributed by atoms with Gasteiger partial charge in [0.1, 0.15) is 24.7 Å². The van der Waals surface area contributed by atoms with Crippen molar-refractivity contribution in [2.24, 2.45) is 0 Å². The molecule has 0 saturated heterocycles. The van der Waals surface area contributed by atoms with Gasteiger partial charge >= 0.3 is 0 Å². The van der Waals surface area contributed by atoms with Crippen LogP contribution in [-0.4, -0.2) is 93.5 Å². The zero-order chi connectivity index (χ0) is 21.7. The molecule has 0 radical (unpaired) electrons. The van der Waals surface area contributed by atoms with Crippen molar-refractivity contribution in [3.63, 3.8) is 0 Å². The van der Waals surface area contributed by atoms with Gasteiger partial charge in [-0.25, -0.2) is 0 Å². The zero-order valence-corrected chi connectivity index (χ0v) is 18.1. The van der Waals surface area contributed by atoms with Crippen molar-refractivity contribution in [3.8, 4) is 23.8 Å². The highest BCUT2D eigenvalue weighted by atomic mass is 16.6. The Morgan fingerprint density at radius 1 is 0.567 bits per heavy atom. The van der Waals surface area contributed by atoms with Gasteiger partial charge in [0, 0.05) is 25.8 Å². The minimum atomic E-state index is 0.401. The lowest BCUT2D eigenvalue weighted by Gasteiger charge is -2.11. The Morgan fingerprint density at radius 3 is 1.30 bits per heavy atom. The first-order chi connectivity index (χ1) is 14.8. The van der Waals surface area contributed by atoms with E-state index in [4.69, 9.17) is 44.3 Å². The Kier molecular flexibility index (Phi) is 16.7. The molecule has 1 rings (SSSR count). The van der Waals surface area contributed by atoms with Crippen LogP contribution in [0.1, 0.15) is 5.56 Å². The predicted octanol–water partition coefficient (Wildman–Crippen LogP) is 1.78. The van der Waals surface area contributed by atoms with Gasteiger partial charge in [-0.05, 0) is 12.1 Å². The molecule has 0 aromatic heterocycles. The van der Waals surface area contributed by atoms with Crippen molar-refractivity contribution < 1.29 is 37.9 Å². The first-order valence-electron chi connectivity index (χ1n) is 9.96. The molecule has 8 nitrogen and oxygen atoms in total. The lowest BCUT2D eigenvalue weighted by molar-refractivity contribution is 0.0174. The Labute approximate surface area is 179 Å². The van der Waals surface area contributed by atoms with Gasteiger partial charge in [0.2, 0.25) is 0 Å². The Morgan fingerprint density at radius 2 is 0.933 bits per heavy atom. The molecule has 0 saturated carbocycles. The third-order valence-electron chi connectivity index (χ3n) is 3.65. The quantitative estimate of drug-likeness (QED) is 0.231. The Hall–Kier alpha value is -1.86. The minimum Gasteiger partial charge on any atom is -0.491 e. The molecule has 0 spiro atoms. The van der Waals surface area contributed by atoms with Crippen molar-refractivity contribution in [3.05, 3.63) is 23.8 Å². The zero-order valence-electron chi connectivity index (χ0n) is 18.1. The molecule has 0 heterocycles. The van der Waals surface area contributed by atoms with Gasteiger partial charge < -0.3 is 37.9 Å². The maximum atomic E-state index is 5.71. The van der Waals surface area contributed by atoms with Crippen molar-refractivity contribution in [2.45, 2.75) is 0 Å². The molecule has 0 aliphatic carbocycles. The summed E-state index contributed by atoms with van der Waals surface area (Å²) in [5.74, 6) is 3.87. The summed E-state index contributed by atoms with van der Waals surface area (Å²) in [4.78, 5) is 0. The topological polar surface area (TPSA) is 73.8 Å². The summed E-state index contributed by atoms with van der Waals surface area (Å²) in [7, 11) is 3.28. The average molecular weight is 427 g/mol. The number of terminal acetylenes is 1. The highest BCUT2D eigenvalue weighted by Crippen LogP contribution is 2.22. The molecule has 0 unspecified atom stereocenters. The molecule has 30 heavy (non-hydrogen) atoms. The summed E-state index contributed by atoms with van der Waals surface area (Å²) >= 11 is 0. The number of benzene rings is 1. The third-order valence-corrected chi connectivity index (χ3v) is 3.65. The molecule has 0 N–H and O–H groups in total. The highest BCUT2D eigenvalue weighted by molar-refractivity contribution is 5.45. The summed E-state index contributed by atoms with van der Waals surface area (Å²) in [5.41, 5.74) is 0.683. The number of hydrogen-bond acceptors (Lipinski definition) is 8. The van der Waals surface area contributed by atoms with E-state index in [2.05, 4.69) is 5.92 Å². The first kappa shape index (κ1) is 26.2. The van der Waals surface area contributed by atoms with Crippen LogP contribution in [0.2, 0.25) is 0 Å². The third kappa shape index (κ3) is 14.2. The van der Waals surface area contributed by atoms with Crippen LogP contribution in [0.25, 0.3) is 0 Å². The van der Waals surface area contributed by atoms with E-state index in [1.807, 2.05) is 0 Å². The van der Waals surface area contributed by atoms with Crippen LogP contribution >= 0.6 is 0 Å². The molecule has 1 aromatic rings. The van der Waals surface area contributed by atoms with Crippen LogP contribution in [0.5, 0.6) is 11.5 Å². The molecule has 0 fully saturated rings. The largest absolute Gasteiger partial charge is 0.491 e. The Bertz CT molecular complexity index is 532. The number of methoxy groups -OCH3 is 2. The molecule has 170 valence electrons. The maximum absolute atomic E-state index is 5.71. The van der Waals surface area contributed by atoms with Crippen LogP contribution in [0.4, 0.5) is 0 Å². The molecule has 0 aliphatic heterocycles. The molecule has 0 atom stereocenters. The van der Waals surface area contributed by atoms with Gasteiger partial charge in [-0.3, -0.25) is 0 Å². The van der Waals surface area contributed by atoms with Gasteiger partial charge in [-0.15, -0.1) is 6.42 Å². The second kappa shape index (κ2) is 19.1. The number of hydrogen-bond donors (Lipinski definition) is 0. The van der Waals surface area contributed by atoms with E-state index in [1.54, 1.807) is 32.4 Å². The molecule has 0 aliphatic rings. The van der Waals surface area contributed by atoms with Crippen molar-refractivity contribution in [2.75, 3.05) is 93.5 Å².